The van der Waals surface area contributed by atoms with Gasteiger partial charge in [0.1, 0.15) is 0 Å². The molecule has 1 amide bonds. The predicted molar refractivity (Wildman–Crippen MR) is 80.5 cm³/mol. The zero-order chi connectivity index (χ0) is 15.8. The molecule has 0 saturated heterocycles. The van der Waals surface area contributed by atoms with Gasteiger partial charge >= 0.3 is 0 Å². The van der Waals surface area contributed by atoms with Crippen LogP contribution in [0.25, 0.3) is 0 Å². The first-order valence-electron chi connectivity index (χ1n) is 6.31. The number of ether oxygens (including phenoxy) is 1. The quantitative estimate of drug-likeness (QED) is 0.845. The van der Waals surface area contributed by atoms with E-state index in [9.17, 15) is 13.2 Å². The van der Waals surface area contributed by atoms with E-state index >= 15 is 0 Å². The summed E-state index contributed by atoms with van der Waals surface area (Å²) in [6.45, 7) is 1.54. The van der Waals surface area contributed by atoms with E-state index in [1.54, 1.807) is 7.11 Å². The molecule has 116 valence electrons. The van der Waals surface area contributed by atoms with Gasteiger partial charge in [0.25, 0.3) is 15.0 Å². The summed E-state index contributed by atoms with van der Waals surface area (Å²) >= 11 is 5.98. The van der Waals surface area contributed by atoms with Crippen LogP contribution < -0.4 is 5.32 Å². The molecule has 1 aromatic carbocycles. The fraction of sp³-hybridized carbons (Fsp3) is 0.462. The maximum atomic E-state index is 12.1. The molecule has 0 atom stereocenters. The molecule has 1 fully saturated rings. The van der Waals surface area contributed by atoms with Crippen LogP contribution in [0.3, 0.4) is 0 Å². The van der Waals surface area contributed by atoms with Crippen LogP contribution in [0.2, 0.25) is 5.02 Å². The maximum absolute atomic E-state index is 12.1. The van der Waals surface area contributed by atoms with Gasteiger partial charge in [0, 0.05) is 34.4 Å². The van der Waals surface area contributed by atoms with Crippen molar-refractivity contribution in [2.75, 3.05) is 7.11 Å². The molecule has 0 aromatic heterocycles. The number of nitrogens with one attached hydrogen (secondary N) is 1. The molecule has 1 N–H and O–H groups in total. The summed E-state index contributed by atoms with van der Waals surface area (Å²) < 4.78 is 28.2. The molecule has 1 aromatic rings. The van der Waals surface area contributed by atoms with Crippen LogP contribution in [0.1, 0.15) is 28.8 Å². The molecular weight excluding hydrogens is 337 g/mol. The van der Waals surface area contributed by atoms with Crippen LogP contribution in [0.5, 0.6) is 0 Å². The number of methoxy groups -OCH3 is 1. The average Bonchev–Trinajstić information content (AvgIpc) is 2.34. The first-order valence-corrected chi connectivity index (χ1v) is 8.99. The first kappa shape index (κ1) is 16.5. The lowest BCUT2D eigenvalue weighted by atomic mass is 9.89. The number of carbonyl (C=O) groups excluding carboxylic acids is 1. The van der Waals surface area contributed by atoms with Gasteiger partial charge in [0.2, 0.25) is 0 Å². The minimum atomic E-state index is -3.96. The molecule has 1 aliphatic rings. The number of amides is 1. The molecule has 1 aliphatic carbocycles. The highest BCUT2D eigenvalue weighted by Gasteiger charge is 2.30. The van der Waals surface area contributed by atoms with Crippen LogP contribution in [0, 0.1) is 6.92 Å². The summed E-state index contributed by atoms with van der Waals surface area (Å²) in [5.74, 6) is -0.377. The van der Waals surface area contributed by atoms with E-state index in [0.29, 0.717) is 5.56 Å². The lowest BCUT2D eigenvalue weighted by molar-refractivity contribution is 0.0176. The Morgan fingerprint density at radius 2 is 2.00 bits per heavy atom. The molecule has 0 aliphatic heterocycles. The van der Waals surface area contributed by atoms with Gasteiger partial charge in [-0.1, -0.05) is 11.6 Å². The van der Waals surface area contributed by atoms with Crippen molar-refractivity contribution < 1.29 is 17.9 Å². The van der Waals surface area contributed by atoms with Crippen LogP contribution >= 0.6 is 22.3 Å². The number of rotatable bonds is 4. The highest BCUT2D eigenvalue weighted by Crippen LogP contribution is 2.28. The van der Waals surface area contributed by atoms with Gasteiger partial charge in [-0.3, -0.25) is 4.79 Å². The first-order chi connectivity index (χ1) is 9.72. The lowest BCUT2D eigenvalue weighted by Gasteiger charge is -2.34. The van der Waals surface area contributed by atoms with Crippen molar-refractivity contribution in [1.29, 1.82) is 0 Å². The van der Waals surface area contributed by atoms with Crippen LogP contribution in [-0.4, -0.2) is 33.6 Å². The Labute approximate surface area is 133 Å². The molecule has 0 bridgehead atoms. The fourth-order valence-electron chi connectivity index (χ4n) is 2.18. The zero-order valence-electron chi connectivity index (χ0n) is 11.5. The Morgan fingerprint density at radius 1 is 1.38 bits per heavy atom. The number of hydrogen-bond donors (Lipinski definition) is 1. The standard InChI is InChI=1S/C13H15Cl2NO4S/c1-7-11(14)3-8(4-12(7)21(15,18)19)13(17)16-9-5-10(6-9)20-2/h3-4,9-10H,5-6H2,1-2H3,(H,16,17). The SMILES string of the molecule is COC1CC(NC(=O)c2cc(Cl)c(C)c(S(=O)(=O)Cl)c2)C1. The molecule has 5 nitrogen and oxygen atoms in total. The Balaban J connectivity index is 2.20. The Morgan fingerprint density at radius 3 is 2.52 bits per heavy atom. The Kier molecular flexibility index (Phi) is 4.82. The van der Waals surface area contributed by atoms with E-state index in [2.05, 4.69) is 5.32 Å². The van der Waals surface area contributed by atoms with Gasteiger partial charge < -0.3 is 10.1 Å². The summed E-state index contributed by atoms with van der Waals surface area (Å²) in [5.41, 5.74) is 0.497. The number of benzene rings is 1. The molecule has 8 heteroatoms. The summed E-state index contributed by atoms with van der Waals surface area (Å²) in [7, 11) is 3.03. The summed E-state index contributed by atoms with van der Waals surface area (Å²) in [6.07, 6.45) is 1.64. The van der Waals surface area contributed by atoms with Crippen molar-refractivity contribution >= 4 is 37.2 Å². The molecule has 0 spiro atoms. The van der Waals surface area contributed by atoms with Crippen molar-refractivity contribution in [2.24, 2.45) is 0 Å². The van der Waals surface area contributed by atoms with Crippen LogP contribution in [0.15, 0.2) is 17.0 Å². The minimum absolute atomic E-state index is 0.0265. The minimum Gasteiger partial charge on any atom is -0.381 e. The van der Waals surface area contributed by atoms with E-state index in [-0.39, 0.29) is 33.5 Å². The normalized spacial score (nSPS) is 21.7. The molecular formula is C13H15Cl2NO4S. The van der Waals surface area contributed by atoms with E-state index < -0.39 is 9.05 Å². The second-order valence-electron chi connectivity index (χ2n) is 5.02. The molecule has 2 rings (SSSR count). The second-order valence-corrected chi connectivity index (χ2v) is 7.96. The van der Waals surface area contributed by atoms with Gasteiger partial charge in [0.05, 0.1) is 11.0 Å². The lowest BCUT2D eigenvalue weighted by Crippen LogP contribution is -2.47. The largest absolute Gasteiger partial charge is 0.381 e. The van der Waals surface area contributed by atoms with Crippen molar-refractivity contribution in [3.05, 3.63) is 28.3 Å². The van der Waals surface area contributed by atoms with Gasteiger partial charge in [0.15, 0.2) is 0 Å². The van der Waals surface area contributed by atoms with Gasteiger partial charge in [-0.25, -0.2) is 8.42 Å². The van der Waals surface area contributed by atoms with Crippen LogP contribution in [-0.2, 0) is 13.8 Å². The monoisotopic (exact) mass is 351 g/mol. The summed E-state index contributed by atoms with van der Waals surface area (Å²) in [4.78, 5) is 12.0. The molecule has 21 heavy (non-hydrogen) atoms. The highest BCUT2D eigenvalue weighted by atomic mass is 35.7. The van der Waals surface area contributed by atoms with Crippen molar-refractivity contribution in [2.45, 2.75) is 36.8 Å². The molecule has 1 saturated carbocycles. The third kappa shape index (κ3) is 3.69. The van der Waals surface area contributed by atoms with E-state index in [0.717, 1.165) is 12.8 Å². The maximum Gasteiger partial charge on any atom is 0.261 e. The molecule has 0 unspecified atom stereocenters. The predicted octanol–water partition coefficient (Wildman–Crippen LogP) is 2.48. The smallest absolute Gasteiger partial charge is 0.261 e. The summed E-state index contributed by atoms with van der Waals surface area (Å²) in [6, 6.07) is 2.70. The molecule has 0 heterocycles. The average molecular weight is 352 g/mol. The highest BCUT2D eigenvalue weighted by molar-refractivity contribution is 8.13. The number of halogens is 2. The third-order valence-electron chi connectivity index (χ3n) is 3.58. The van der Waals surface area contributed by atoms with Crippen molar-refractivity contribution in [3.63, 3.8) is 0 Å². The number of hydrogen-bond acceptors (Lipinski definition) is 4. The Hall–Kier alpha value is -0.820. The van der Waals surface area contributed by atoms with E-state index in [1.807, 2.05) is 0 Å². The fourth-order valence-corrected chi connectivity index (χ4v) is 3.68. The Bertz CT molecular complexity index is 669. The summed E-state index contributed by atoms with van der Waals surface area (Å²) in [5, 5.41) is 2.99. The van der Waals surface area contributed by atoms with E-state index in [1.165, 1.54) is 19.1 Å². The third-order valence-corrected chi connectivity index (χ3v) is 5.43. The van der Waals surface area contributed by atoms with Crippen molar-refractivity contribution in [3.8, 4) is 0 Å². The van der Waals surface area contributed by atoms with Crippen molar-refractivity contribution in [1.82, 2.24) is 5.32 Å². The zero-order valence-corrected chi connectivity index (χ0v) is 13.8. The number of carbonyl (C=O) groups is 1. The van der Waals surface area contributed by atoms with Crippen LogP contribution in [0.4, 0.5) is 0 Å². The molecule has 0 radical (unpaired) electrons. The van der Waals surface area contributed by atoms with E-state index in [4.69, 9.17) is 27.0 Å². The van der Waals surface area contributed by atoms with Gasteiger partial charge in [-0.2, -0.15) is 0 Å². The van der Waals surface area contributed by atoms with Gasteiger partial charge in [-0.05, 0) is 37.5 Å². The van der Waals surface area contributed by atoms with Gasteiger partial charge in [-0.15, -0.1) is 0 Å². The topological polar surface area (TPSA) is 72.5 Å². The second kappa shape index (κ2) is 6.12.